The largest absolute Gasteiger partial charge is 0.197 e. The van der Waals surface area contributed by atoms with Gasteiger partial charge in [-0.15, -0.1) is 10.2 Å². The molecule has 3 rings (SSSR count). The Hall–Kier alpha value is -1.94. The molecule has 0 bridgehead atoms. The van der Waals surface area contributed by atoms with Gasteiger partial charge in [0.25, 0.3) is 0 Å². The Kier molecular flexibility index (Phi) is 2.30. The summed E-state index contributed by atoms with van der Waals surface area (Å²) in [5, 5.41) is 13.1. The zero-order valence-corrected chi connectivity index (χ0v) is 9.89. The second kappa shape index (κ2) is 3.82. The lowest BCUT2D eigenvalue weighted by atomic mass is 10.1. The molecule has 0 unspecified atom stereocenters. The van der Waals surface area contributed by atoms with E-state index in [1.165, 1.54) is 0 Å². The number of halogens is 1. The molecule has 2 heterocycles. The summed E-state index contributed by atoms with van der Waals surface area (Å²) < 4.78 is 1.72. The average Bonchev–Trinajstić information content (AvgIpc) is 2.71. The third-order valence-corrected chi connectivity index (χ3v) is 2.77. The Morgan fingerprint density at radius 2 is 2.00 bits per heavy atom. The first kappa shape index (κ1) is 10.2. The van der Waals surface area contributed by atoms with Crippen LogP contribution in [-0.4, -0.2) is 19.8 Å². The fourth-order valence-corrected chi connectivity index (χ4v) is 1.89. The third kappa shape index (κ3) is 1.76. The second-order valence-electron chi connectivity index (χ2n) is 3.75. The van der Waals surface area contributed by atoms with Crippen LogP contribution in [0.2, 0.25) is 5.02 Å². The molecule has 1 aromatic carbocycles. The minimum Gasteiger partial charge on any atom is -0.197 e. The van der Waals surface area contributed by atoms with Crippen molar-refractivity contribution in [3.8, 4) is 11.3 Å². The van der Waals surface area contributed by atoms with E-state index in [1.54, 1.807) is 4.52 Å². The summed E-state index contributed by atoms with van der Waals surface area (Å²) in [6, 6.07) is 11.4. The lowest BCUT2D eigenvalue weighted by Gasteiger charge is -2.02. The maximum atomic E-state index is 5.96. The quantitative estimate of drug-likeness (QED) is 0.661. The van der Waals surface area contributed by atoms with Gasteiger partial charge >= 0.3 is 0 Å². The highest BCUT2D eigenvalue weighted by atomic mass is 35.5. The van der Waals surface area contributed by atoms with Gasteiger partial charge in [-0.1, -0.05) is 23.7 Å². The summed E-state index contributed by atoms with van der Waals surface area (Å²) >= 11 is 5.96. The maximum Gasteiger partial charge on any atom is 0.177 e. The van der Waals surface area contributed by atoms with Gasteiger partial charge < -0.3 is 0 Å². The summed E-state index contributed by atoms with van der Waals surface area (Å²) in [6.45, 7) is 1.87. The molecule has 0 spiro atoms. The average molecular weight is 245 g/mol. The Bertz CT molecular complexity index is 690. The first-order valence-corrected chi connectivity index (χ1v) is 5.57. The van der Waals surface area contributed by atoms with Crippen LogP contribution in [0.15, 0.2) is 36.4 Å². The van der Waals surface area contributed by atoms with Gasteiger partial charge in [0, 0.05) is 10.6 Å². The zero-order valence-electron chi connectivity index (χ0n) is 9.13. The zero-order chi connectivity index (χ0) is 11.8. The molecule has 0 amide bonds. The normalized spacial score (nSPS) is 10.9. The van der Waals surface area contributed by atoms with Crippen molar-refractivity contribution in [2.24, 2.45) is 0 Å². The molecule has 0 aliphatic carbocycles. The SMILES string of the molecule is Cc1nnc2ccc(-c3cccc(Cl)c3)nn12. The highest BCUT2D eigenvalue weighted by molar-refractivity contribution is 6.30. The first-order chi connectivity index (χ1) is 8.24. The number of benzene rings is 1. The summed E-state index contributed by atoms with van der Waals surface area (Å²) in [6.07, 6.45) is 0. The molecule has 0 saturated heterocycles. The molecule has 0 fully saturated rings. The van der Waals surface area contributed by atoms with E-state index in [0.717, 1.165) is 22.7 Å². The van der Waals surface area contributed by atoms with Crippen molar-refractivity contribution >= 4 is 17.2 Å². The van der Waals surface area contributed by atoms with E-state index in [4.69, 9.17) is 11.6 Å². The molecule has 5 heteroatoms. The lowest BCUT2D eigenvalue weighted by molar-refractivity contribution is 0.880. The number of aryl methyl sites for hydroxylation is 1. The smallest absolute Gasteiger partial charge is 0.177 e. The van der Waals surface area contributed by atoms with Crippen molar-refractivity contribution in [1.29, 1.82) is 0 Å². The molecule has 84 valence electrons. The van der Waals surface area contributed by atoms with E-state index < -0.39 is 0 Å². The number of nitrogens with zero attached hydrogens (tertiary/aromatic N) is 4. The molecule has 3 aromatic rings. The van der Waals surface area contributed by atoms with Gasteiger partial charge in [-0.3, -0.25) is 0 Å². The van der Waals surface area contributed by atoms with E-state index in [0.29, 0.717) is 5.02 Å². The molecular weight excluding hydrogens is 236 g/mol. The Morgan fingerprint density at radius 1 is 1.12 bits per heavy atom. The minimum absolute atomic E-state index is 0.699. The summed E-state index contributed by atoms with van der Waals surface area (Å²) in [4.78, 5) is 0. The summed E-state index contributed by atoms with van der Waals surface area (Å²) in [7, 11) is 0. The van der Waals surface area contributed by atoms with E-state index in [1.807, 2.05) is 43.3 Å². The first-order valence-electron chi connectivity index (χ1n) is 5.19. The van der Waals surface area contributed by atoms with Crippen LogP contribution in [0.4, 0.5) is 0 Å². The van der Waals surface area contributed by atoms with Crippen molar-refractivity contribution in [3.63, 3.8) is 0 Å². The Labute approximate surface area is 103 Å². The topological polar surface area (TPSA) is 43.1 Å². The molecule has 0 aliphatic heterocycles. The van der Waals surface area contributed by atoms with Crippen LogP contribution in [0.1, 0.15) is 5.82 Å². The van der Waals surface area contributed by atoms with Gasteiger partial charge in [-0.2, -0.15) is 9.61 Å². The predicted molar refractivity (Wildman–Crippen MR) is 66.0 cm³/mol. The highest BCUT2D eigenvalue weighted by Crippen LogP contribution is 2.20. The third-order valence-electron chi connectivity index (χ3n) is 2.54. The summed E-state index contributed by atoms with van der Waals surface area (Å²) in [5.74, 6) is 0.767. The Balaban J connectivity index is 2.20. The number of hydrogen-bond donors (Lipinski definition) is 0. The lowest BCUT2D eigenvalue weighted by Crippen LogP contribution is -1.96. The van der Waals surface area contributed by atoms with Gasteiger partial charge in [-0.05, 0) is 31.2 Å². The van der Waals surface area contributed by atoms with Crippen LogP contribution in [0.25, 0.3) is 16.9 Å². The second-order valence-corrected chi connectivity index (χ2v) is 4.18. The number of aromatic nitrogens is 4. The Morgan fingerprint density at radius 3 is 2.82 bits per heavy atom. The molecule has 0 radical (unpaired) electrons. The van der Waals surface area contributed by atoms with E-state index in [2.05, 4.69) is 15.3 Å². The van der Waals surface area contributed by atoms with Crippen LogP contribution in [0, 0.1) is 6.92 Å². The molecule has 0 saturated carbocycles. The standard InChI is InChI=1S/C12H9ClN4/c1-8-14-15-12-6-5-11(16-17(8)12)9-3-2-4-10(13)7-9/h2-7H,1H3. The fraction of sp³-hybridized carbons (Fsp3) is 0.0833. The number of hydrogen-bond acceptors (Lipinski definition) is 3. The predicted octanol–water partition coefficient (Wildman–Crippen LogP) is 2.75. The summed E-state index contributed by atoms with van der Waals surface area (Å²) in [5.41, 5.74) is 2.57. The molecule has 17 heavy (non-hydrogen) atoms. The maximum absolute atomic E-state index is 5.96. The van der Waals surface area contributed by atoms with E-state index >= 15 is 0 Å². The van der Waals surface area contributed by atoms with E-state index in [-0.39, 0.29) is 0 Å². The molecule has 4 nitrogen and oxygen atoms in total. The van der Waals surface area contributed by atoms with Crippen LogP contribution < -0.4 is 0 Å². The van der Waals surface area contributed by atoms with E-state index in [9.17, 15) is 0 Å². The monoisotopic (exact) mass is 244 g/mol. The van der Waals surface area contributed by atoms with Gasteiger partial charge in [-0.25, -0.2) is 0 Å². The molecular formula is C12H9ClN4. The van der Waals surface area contributed by atoms with Crippen LogP contribution in [-0.2, 0) is 0 Å². The van der Waals surface area contributed by atoms with Crippen LogP contribution in [0.5, 0.6) is 0 Å². The van der Waals surface area contributed by atoms with Crippen molar-refractivity contribution < 1.29 is 0 Å². The van der Waals surface area contributed by atoms with Gasteiger partial charge in [0.15, 0.2) is 11.5 Å². The number of rotatable bonds is 1. The van der Waals surface area contributed by atoms with Gasteiger partial charge in [0.1, 0.15) is 0 Å². The molecule has 0 atom stereocenters. The molecule has 2 aromatic heterocycles. The van der Waals surface area contributed by atoms with Crippen molar-refractivity contribution in [3.05, 3.63) is 47.2 Å². The number of fused-ring (bicyclic) bond motifs is 1. The van der Waals surface area contributed by atoms with Crippen molar-refractivity contribution in [1.82, 2.24) is 19.8 Å². The minimum atomic E-state index is 0.699. The van der Waals surface area contributed by atoms with Crippen molar-refractivity contribution in [2.75, 3.05) is 0 Å². The molecule has 0 N–H and O–H groups in total. The van der Waals surface area contributed by atoms with Gasteiger partial charge in [0.2, 0.25) is 0 Å². The van der Waals surface area contributed by atoms with Crippen molar-refractivity contribution in [2.45, 2.75) is 6.92 Å². The van der Waals surface area contributed by atoms with Crippen LogP contribution in [0.3, 0.4) is 0 Å². The highest BCUT2D eigenvalue weighted by Gasteiger charge is 2.05. The fourth-order valence-electron chi connectivity index (χ4n) is 1.70. The van der Waals surface area contributed by atoms with Crippen LogP contribution >= 0.6 is 11.6 Å². The van der Waals surface area contributed by atoms with Gasteiger partial charge in [0.05, 0.1) is 5.69 Å². The molecule has 0 aliphatic rings.